The fourth-order valence-corrected chi connectivity index (χ4v) is 4.43. The van der Waals surface area contributed by atoms with Gasteiger partial charge in [-0.3, -0.25) is 14.6 Å². The lowest BCUT2D eigenvalue weighted by atomic mass is 9.87. The van der Waals surface area contributed by atoms with Gasteiger partial charge in [0, 0.05) is 31.9 Å². The van der Waals surface area contributed by atoms with Gasteiger partial charge in [0.15, 0.2) is 6.61 Å². The predicted octanol–water partition coefficient (Wildman–Crippen LogP) is 4.61. The Morgan fingerprint density at radius 2 is 1.94 bits per heavy atom. The molecule has 3 aromatic rings. The van der Waals surface area contributed by atoms with Crippen LogP contribution < -0.4 is 10.1 Å². The molecule has 1 N–H and O–H groups in total. The van der Waals surface area contributed by atoms with Crippen LogP contribution in [0.5, 0.6) is 5.75 Å². The first-order valence-electron chi connectivity index (χ1n) is 12.2. The van der Waals surface area contributed by atoms with E-state index in [1.165, 1.54) is 11.1 Å². The Hall–Kier alpha value is -3.67. The van der Waals surface area contributed by atoms with Crippen LogP contribution in [0.3, 0.4) is 0 Å². The van der Waals surface area contributed by atoms with Crippen molar-refractivity contribution in [3.05, 3.63) is 94.8 Å². The number of carbonyl (C=O) groups is 2. The SMILES string of the molecule is Cc1ccc(C2c3cc(OCC(=O)NCc4cccnc4)ccc3CCN2C(=O)CC(C)C)cc1. The van der Waals surface area contributed by atoms with Gasteiger partial charge in [0.2, 0.25) is 5.91 Å². The van der Waals surface area contributed by atoms with Crippen LogP contribution in [-0.4, -0.2) is 34.8 Å². The molecule has 1 atom stereocenters. The molecule has 1 aromatic heterocycles. The highest BCUT2D eigenvalue weighted by Gasteiger charge is 2.32. The molecule has 0 spiro atoms. The number of nitrogens with zero attached hydrogens (tertiary/aromatic N) is 2. The molecular formula is C29H33N3O3. The summed E-state index contributed by atoms with van der Waals surface area (Å²) in [6.07, 6.45) is 4.74. The Morgan fingerprint density at radius 1 is 1.14 bits per heavy atom. The second-order valence-corrected chi connectivity index (χ2v) is 9.54. The summed E-state index contributed by atoms with van der Waals surface area (Å²) < 4.78 is 5.85. The second kappa shape index (κ2) is 11.2. The standard InChI is InChI=1S/C29H33N3O3/c1-20(2)15-28(34)32-14-12-23-10-11-25(16-26(23)29(32)24-8-6-21(3)7-9-24)35-19-27(33)31-18-22-5-4-13-30-17-22/h4-11,13,16-17,20,29H,12,14-15,18-19H2,1-3H3,(H,31,33). The molecule has 1 aliphatic rings. The van der Waals surface area contributed by atoms with Gasteiger partial charge in [-0.2, -0.15) is 0 Å². The quantitative estimate of drug-likeness (QED) is 0.521. The zero-order valence-electron chi connectivity index (χ0n) is 20.7. The topological polar surface area (TPSA) is 71.5 Å². The Morgan fingerprint density at radius 3 is 2.66 bits per heavy atom. The first-order chi connectivity index (χ1) is 16.9. The fourth-order valence-electron chi connectivity index (χ4n) is 4.43. The summed E-state index contributed by atoms with van der Waals surface area (Å²) in [5.41, 5.74) is 5.46. The average Bonchev–Trinajstić information content (AvgIpc) is 2.86. The molecule has 4 rings (SSSR count). The lowest BCUT2D eigenvalue weighted by Gasteiger charge is -2.38. The minimum atomic E-state index is -0.199. The molecule has 0 saturated carbocycles. The number of amides is 2. The van der Waals surface area contributed by atoms with Gasteiger partial charge in [0.05, 0.1) is 6.04 Å². The first-order valence-corrected chi connectivity index (χ1v) is 12.2. The summed E-state index contributed by atoms with van der Waals surface area (Å²) in [6.45, 7) is 7.22. The van der Waals surface area contributed by atoms with Crippen LogP contribution in [-0.2, 0) is 22.6 Å². The van der Waals surface area contributed by atoms with E-state index in [2.05, 4.69) is 61.4 Å². The van der Waals surface area contributed by atoms with Crippen molar-refractivity contribution in [1.29, 1.82) is 0 Å². The zero-order valence-corrected chi connectivity index (χ0v) is 20.7. The van der Waals surface area contributed by atoms with Gasteiger partial charge in [-0.05, 0) is 59.7 Å². The summed E-state index contributed by atoms with van der Waals surface area (Å²) in [7, 11) is 0. The van der Waals surface area contributed by atoms with E-state index in [0.29, 0.717) is 31.2 Å². The van der Waals surface area contributed by atoms with Crippen LogP contribution in [0.1, 0.15) is 54.1 Å². The van der Waals surface area contributed by atoms with Crippen molar-refractivity contribution in [1.82, 2.24) is 15.2 Å². The number of fused-ring (bicyclic) bond motifs is 1. The van der Waals surface area contributed by atoms with E-state index in [4.69, 9.17) is 4.74 Å². The predicted molar refractivity (Wildman–Crippen MR) is 136 cm³/mol. The van der Waals surface area contributed by atoms with E-state index in [9.17, 15) is 9.59 Å². The fraction of sp³-hybridized carbons (Fsp3) is 0.345. The second-order valence-electron chi connectivity index (χ2n) is 9.54. The van der Waals surface area contributed by atoms with Crippen LogP contribution >= 0.6 is 0 Å². The van der Waals surface area contributed by atoms with Crippen molar-refractivity contribution in [2.75, 3.05) is 13.2 Å². The maximum Gasteiger partial charge on any atom is 0.258 e. The van der Waals surface area contributed by atoms with E-state index < -0.39 is 0 Å². The van der Waals surface area contributed by atoms with Crippen molar-refractivity contribution >= 4 is 11.8 Å². The summed E-state index contributed by atoms with van der Waals surface area (Å²) >= 11 is 0. The molecule has 35 heavy (non-hydrogen) atoms. The monoisotopic (exact) mass is 471 g/mol. The summed E-state index contributed by atoms with van der Waals surface area (Å²) in [5.74, 6) is 0.880. The number of benzene rings is 2. The molecule has 0 saturated heterocycles. The third kappa shape index (κ3) is 6.27. The number of rotatable bonds is 8. The van der Waals surface area contributed by atoms with E-state index in [0.717, 1.165) is 23.1 Å². The molecule has 182 valence electrons. The van der Waals surface area contributed by atoms with Crippen LogP contribution in [0.25, 0.3) is 0 Å². The molecule has 1 unspecified atom stereocenters. The molecule has 1 aliphatic heterocycles. The van der Waals surface area contributed by atoms with Gasteiger partial charge >= 0.3 is 0 Å². The molecule has 0 fully saturated rings. The van der Waals surface area contributed by atoms with Gasteiger partial charge in [-0.25, -0.2) is 0 Å². The number of hydrogen-bond acceptors (Lipinski definition) is 4. The highest BCUT2D eigenvalue weighted by molar-refractivity contribution is 5.78. The number of aromatic nitrogens is 1. The number of carbonyl (C=O) groups excluding carboxylic acids is 2. The van der Waals surface area contributed by atoms with Crippen molar-refractivity contribution in [2.24, 2.45) is 5.92 Å². The molecule has 6 nitrogen and oxygen atoms in total. The molecular weight excluding hydrogens is 438 g/mol. The number of aryl methyl sites for hydroxylation is 1. The largest absolute Gasteiger partial charge is 0.484 e. The van der Waals surface area contributed by atoms with E-state index >= 15 is 0 Å². The molecule has 0 radical (unpaired) electrons. The molecule has 2 aromatic carbocycles. The van der Waals surface area contributed by atoms with E-state index in [1.807, 2.05) is 29.2 Å². The Balaban J connectivity index is 1.52. The average molecular weight is 472 g/mol. The van der Waals surface area contributed by atoms with Crippen molar-refractivity contribution in [3.8, 4) is 5.75 Å². The van der Waals surface area contributed by atoms with Crippen LogP contribution in [0.2, 0.25) is 0 Å². The van der Waals surface area contributed by atoms with Gasteiger partial charge in [0.1, 0.15) is 5.75 Å². The number of ether oxygens (including phenoxy) is 1. The minimum absolute atomic E-state index is 0.0791. The number of nitrogens with one attached hydrogen (secondary N) is 1. The molecule has 0 aliphatic carbocycles. The van der Waals surface area contributed by atoms with Gasteiger partial charge in [-0.15, -0.1) is 0 Å². The highest BCUT2D eigenvalue weighted by atomic mass is 16.5. The van der Waals surface area contributed by atoms with Gasteiger partial charge < -0.3 is 15.0 Å². The highest BCUT2D eigenvalue weighted by Crippen LogP contribution is 2.38. The third-order valence-electron chi connectivity index (χ3n) is 6.22. The van der Waals surface area contributed by atoms with Crippen molar-refractivity contribution in [3.63, 3.8) is 0 Å². The number of hydrogen-bond donors (Lipinski definition) is 1. The van der Waals surface area contributed by atoms with Crippen molar-refractivity contribution in [2.45, 2.75) is 46.2 Å². The smallest absolute Gasteiger partial charge is 0.258 e. The molecule has 2 amide bonds. The normalized spacial score (nSPS) is 15.0. The maximum absolute atomic E-state index is 13.2. The minimum Gasteiger partial charge on any atom is -0.484 e. The zero-order chi connectivity index (χ0) is 24.8. The van der Waals surface area contributed by atoms with Crippen LogP contribution in [0, 0.1) is 12.8 Å². The van der Waals surface area contributed by atoms with Gasteiger partial charge in [-0.1, -0.05) is 55.8 Å². The van der Waals surface area contributed by atoms with Crippen LogP contribution in [0.15, 0.2) is 67.0 Å². The van der Waals surface area contributed by atoms with E-state index in [-0.39, 0.29) is 24.5 Å². The van der Waals surface area contributed by atoms with Crippen molar-refractivity contribution < 1.29 is 14.3 Å². The first kappa shape index (κ1) is 24.5. The van der Waals surface area contributed by atoms with Gasteiger partial charge in [0.25, 0.3) is 5.91 Å². The molecule has 6 heteroatoms. The number of pyridine rings is 1. The van der Waals surface area contributed by atoms with Crippen LogP contribution in [0.4, 0.5) is 0 Å². The Kier molecular flexibility index (Phi) is 7.80. The lowest BCUT2D eigenvalue weighted by Crippen LogP contribution is -2.41. The molecule has 0 bridgehead atoms. The maximum atomic E-state index is 13.2. The Labute approximate surface area is 207 Å². The summed E-state index contributed by atoms with van der Waals surface area (Å²) in [5, 5.41) is 2.85. The molecule has 2 heterocycles. The summed E-state index contributed by atoms with van der Waals surface area (Å²) in [6, 6.07) is 17.9. The van der Waals surface area contributed by atoms with E-state index in [1.54, 1.807) is 12.4 Å². The third-order valence-corrected chi connectivity index (χ3v) is 6.22. The Bertz CT molecular complexity index is 1160. The lowest BCUT2D eigenvalue weighted by molar-refractivity contribution is -0.134. The summed E-state index contributed by atoms with van der Waals surface area (Å²) in [4.78, 5) is 31.6.